The molecule has 8 heteroatoms. The third-order valence-electron chi connectivity index (χ3n) is 5.13. The van der Waals surface area contributed by atoms with E-state index in [9.17, 15) is 18.0 Å². The number of hydrogen-bond donors (Lipinski definition) is 2. The van der Waals surface area contributed by atoms with Crippen molar-refractivity contribution < 1.29 is 18.0 Å². The average Bonchev–Trinajstić information content (AvgIpc) is 3.33. The first-order valence-electron chi connectivity index (χ1n) is 10.3. The number of aromatic nitrogens is 1. The molecule has 2 heterocycles. The summed E-state index contributed by atoms with van der Waals surface area (Å²) in [5.41, 5.74) is 3.14. The number of rotatable bonds is 9. The Hall–Kier alpha value is -2.87. The summed E-state index contributed by atoms with van der Waals surface area (Å²) in [5, 5.41) is 6.97. The second-order valence-electron chi connectivity index (χ2n) is 7.96. The third-order valence-corrected chi connectivity index (χ3v) is 6.22. The highest BCUT2D eigenvalue weighted by molar-refractivity contribution is 7.16. The lowest BCUT2D eigenvalue weighted by molar-refractivity contribution is -0.137. The van der Waals surface area contributed by atoms with Gasteiger partial charge in [-0.2, -0.15) is 13.2 Å². The van der Waals surface area contributed by atoms with Gasteiger partial charge in [0, 0.05) is 24.9 Å². The summed E-state index contributed by atoms with van der Waals surface area (Å²) in [5.74, 6) is 0.215. The fourth-order valence-electron chi connectivity index (χ4n) is 3.47. The van der Waals surface area contributed by atoms with Crippen LogP contribution in [-0.2, 0) is 17.4 Å². The molecule has 0 radical (unpaired) electrons. The molecule has 2 aromatic rings. The van der Waals surface area contributed by atoms with Gasteiger partial charge in [-0.3, -0.25) is 4.79 Å². The maximum absolute atomic E-state index is 12.7. The molecule has 0 saturated carbocycles. The molecule has 1 amide bonds. The number of nitrogens with zero attached hydrogens (tertiary/aromatic N) is 1. The quantitative estimate of drug-likeness (QED) is 0.437. The average molecular weight is 462 g/mol. The summed E-state index contributed by atoms with van der Waals surface area (Å²) in [6, 6.07) is 5.32. The number of alkyl halides is 3. The first-order chi connectivity index (χ1) is 15.2. The molecule has 0 fully saturated rings. The molecule has 2 N–H and O–H groups in total. The molecule has 0 bridgehead atoms. The standard InChI is InChI=1S/C24H26F3N3OS/c1-4-5-20-18(12-22(31)30-20)11-16(3)21-14-29-23(32-21)28-13-15(2)10-17-6-8-19(9-7-17)24(25,26)27/h4,6-9,11,14-15H,1,5,10,12-13H2,2-3H3,(H,28,29)(H,30,31)/b16-11+/t15-/m0/s1. The Morgan fingerprint density at radius 3 is 2.72 bits per heavy atom. The highest BCUT2D eigenvalue weighted by Crippen LogP contribution is 2.30. The van der Waals surface area contributed by atoms with Gasteiger partial charge >= 0.3 is 6.18 Å². The smallest absolute Gasteiger partial charge is 0.361 e. The fraction of sp³-hybridized carbons (Fsp3) is 0.333. The summed E-state index contributed by atoms with van der Waals surface area (Å²) < 4.78 is 38.1. The molecule has 1 aliphatic heterocycles. The monoisotopic (exact) mass is 461 g/mol. The molecule has 170 valence electrons. The highest BCUT2D eigenvalue weighted by Gasteiger charge is 2.30. The zero-order valence-electron chi connectivity index (χ0n) is 18.1. The lowest BCUT2D eigenvalue weighted by Gasteiger charge is -2.13. The van der Waals surface area contributed by atoms with E-state index in [2.05, 4.69) is 22.2 Å². The van der Waals surface area contributed by atoms with Crippen LogP contribution in [0.5, 0.6) is 0 Å². The van der Waals surface area contributed by atoms with Crippen LogP contribution >= 0.6 is 11.3 Å². The predicted octanol–water partition coefficient (Wildman–Crippen LogP) is 6.21. The predicted molar refractivity (Wildman–Crippen MR) is 123 cm³/mol. The molecule has 0 saturated heterocycles. The van der Waals surface area contributed by atoms with Crippen LogP contribution in [0.4, 0.5) is 18.3 Å². The Kier molecular flexibility index (Phi) is 7.56. The van der Waals surface area contributed by atoms with Crippen molar-refractivity contribution in [3.05, 3.63) is 76.5 Å². The lowest BCUT2D eigenvalue weighted by atomic mass is 10.00. The summed E-state index contributed by atoms with van der Waals surface area (Å²) >= 11 is 1.53. The summed E-state index contributed by atoms with van der Waals surface area (Å²) in [6.45, 7) is 8.42. The SMILES string of the molecule is C=CCC1=C(/C=C(\C)c2cnc(NC[C@@H](C)Cc3ccc(C(F)(F)F)cc3)s2)CC(=O)N1. The van der Waals surface area contributed by atoms with Gasteiger partial charge in [-0.15, -0.1) is 6.58 Å². The normalized spacial score (nSPS) is 15.7. The Bertz CT molecular complexity index is 1040. The van der Waals surface area contributed by atoms with Crippen LogP contribution in [0.2, 0.25) is 0 Å². The van der Waals surface area contributed by atoms with E-state index in [4.69, 9.17) is 0 Å². The van der Waals surface area contributed by atoms with Crippen molar-refractivity contribution in [1.82, 2.24) is 10.3 Å². The molecule has 0 unspecified atom stereocenters. The van der Waals surface area contributed by atoms with Gasteiger partial charge in [0.25, 0.3) is 0 Å². The molecular formula is C24H26F3N3OS. The van der Waals surface area contributed by atoms with Crippen molar-refractivity contribution in [2.75, 3.05) is 11.9 Å². The molecule has 1 aliphatic rings. The van der Waals surface area contributed by atoms with Crippen molar-refractivity contribution in [1.29, 1.82) is 0 Å². The Morgan fingerprint density at radius 2 is 2.06 bits per heavy atom. The lowest BCUT2D eigenvalue weighted by Crippen LogP contribution is -2.14. The Balaban J connectivity index is 1.56. The number of halogens is 3. The van der Waals surface area contributed by atoms with E-state index in [1.54, 1.807) is 12.3 Å². The van der Waals surface area contributed by atoms with Gasteiger partial charge in [0.05, 0.1) is 16.9 Å². The van der Waals surface area contributed by atoms with Gasteiger partial charge < -0.3 is 10.6 Å². The zero-order chi connectivity index (χ0) is 23.3. The van der Waals surface area contributed by atoms with Gasteiger partial charge in [0.2, 0.25) is 5.91 Å². The maximum atomic E-state index is 12.7. The molecule has 1 aromatic carbocycles. The van der Waals surface area contributed by atoms with E-state index in [0.717, 1.165) is 44.5 Å². The number of amides is 1. The Labute approximate surface area is 190 Å². The topological polar surface area (TPSA) is 54.0 Å². The number of carbonyl (C=O) groups excluding carboxylic acids is 1. The van der Waals surface area contributed by atoms with Gasteiger partial charge in [-0.1, -0.05) is 42.5 Å². The number of carbonyl (C=O) groups is 1. The van der Waals surface area contributed by atoms with Crippen LogP contribution in [0.3, 0.4) is 0 Å². The summed E-state index contributed by atoms with van der Waals surface area (Å²) in [4.78, 5) is 17.1. The van der Waals surface area contributed by atoms with Crippen LogP contribution in [0.25, 0.3) is 5.57 Å². The molecule has 4 nitrogen and oxygen atoms in total. The molecule has 1 aromatic heterocycles. The number of nitrogens with one attached hydrogen (secondary N) is 2. The van der Waals surface area contributed by atoms with E-state index < -0.39 is 11.7 Å². The van der Waals surface area contributed by atoms with Gasteiger partial charge in [-0.05, 0) is 48.1 Å². The number of allylic oxidation sites excluding steroid dienone is 3. The van der Waals surface area contributed by atoms with Crippen molar-refractivity contribution in [3.63, 3.8) is 0 Å². The molecule has 3 rings (SSSR count). The van der Waals surface area contributed by atoms with Crippen LogP contribution in [0.1, 0.15) is 42.7 Å². The van der Waals surface area contributed by atoms with Crippen molar-refractivity contribution in [2.24, 2.45) is 5.92 Å². The molecule has 0 spiro atoms. The number of thiazole rings is 1. The number of benzene rings is 1. The molecule has 0 aliphatic carbocycles. The second kappa shape index (κ2) is 10.2. The number of hydrogen-bond acceptors (Lipinski definition) is 4. The van der Waals surface area contributed by atoms with Gasteiger partial charge in [0.15, 0.2) is 5.13 Å². The van der Waals surface area contributed by atoms with Crippen molar-refractivity contribution in [3.8, 4) is 0 Å². The first kappa shape index (κ1) is 23.8. The van der Waals surface area contributed by atoms with Gasteiger partial charge in [0.1, 0.15) is 0 Å². The molecule has 1 atom stereocenters. The van der Waals surface area contributed by atoms with Crippen LogP contribution < -0.4 is 10.6 Å². The maximum Gasteiger partial charge on any atom is 0.416 e. The highest BCUT2D eigenvalue weighted by atomic mass is 32.1. The van der Waals surface area contributed by atoms with Crippen LogP contribution in [0.15, 0.2) is 60.5 Å². The first-order valence-corrected chi connectivity index (χ1v) is 11.1. The minimum Gasteiger partial charge on any atom is -0.361 e. The van der Waals surface area contributed by atoms with E-state index in [1.165, 1.54) is 23.5 Å². The van der Waals surface area contributed by atoms with Crippen molar-refractivity contribution >= 4 is 27.9 Å². The minimum atomic E-state index is -4.31. The largest absolute Gasteiger partial charge is 0.416 e. The fourth-order valence-corrected chi connectivity index (χ4v) is 4.27. The van der Waals surface area contributed by atoms with E-state index in [-0.39, 0.29) is 11.8 Å². The third kappa shape index (κ3) is 6.32. The second-order valence-corrected chi connectivity index (χ2v) is 8.99. The summed E-state index contributed by atoms with van der Waals surface area (Å²) in [7, 11) is 0. The van der Waals surface area contributed by atoms with Crippen LogP contribution in [-0.4, -0.2) is 17.4 Å². The van der Waals surface area contributed by atoms with Crippen molar-refractivity contribution in [2.45, 2.75) is 39.3 Å². The molecular weight excluding hydrogens is 435 g/mol. The van der Waals surface area contributed by atoms with E-state index in [0.29, 0.717) is 25.8 Å². The minimum absolute atomic E-state index is 0.00501. The summed E-state index contributed by atoms with van der Waals surface area (Å²) in [6.07, 6.45) is 2.93. The Morgan fingerprint density at radius 1 is 1.34 bits per heavy atom. The van der Waals surface area contributed by atoms with E-state index >= 15 is 0 Å². The van der Waals surface area contributed by atoms with Crippen LogP contribution in [0, 0.1) is 5.92 Å². The number of anilines is 1. The van der Waals surface area contributed by atoms with Gasteiger partial charge in [-0.25, -0.2) is 4.98 Å². The zero-order valence-corrected chi connectivity index (χ0v) is 18.9. The molecule has 32 heavy (non-hydrogen) atoms. The van der Waals surface area contributed by atoms with E-state index in [1.807, 2.05) is 19.9 Å².